The summed E-state index contributed by atoms with van der Waals surface area (Å²) in [6.07, 6.45) is -2.44. The number of fused-ring (bicyclic) bond motifs is 1. The second kappa shape index (κ2) is 8.40. The molecule has 158 valence electrons. The Morgan fingerprint density at radius 2 is 1.53 bits per heavy atom. The molecule has 30 heavy (non-hydrogen) atoms. The minimum Gasteiger partial charge on any atom is -0.465 e. The van der Waals surface area contributed by atoms with Gasteiger partial charge in [0, 0.05) is 24.1 Å². The fourth-order valence-corrected chi connectivity index (χ4v) is 3.64. The van der Waals surface area contributed by atoms with Crippen molar-refractivity contribution in [1.82, 2.24) is 4.90 Å². The van der Waals surface area contributed by atoms with Gasteiger partial charge in [-0.05, 0) is 54.8 Å². The highest BCUT2D eigenvalue weighted by Crippen LogP contribution is 2.35. The number of halogens is 2. The Kier molecular flexibility index (Phi) is 6.08. The zero-order chi connectivity index (χ0) is 22.1. The second-order valence-corrected chi connectivity index (χ2v) is 8.42. The first-order chi connectivity index (χ1) is 14.1. The zero-order valence-electron chi connectivity index (χ0n) is 17.1. The molecule has 0 heterocycles. The Morgan fingerprint density at radius 3 is 2.10 bits per heavy atom. The van der Waals surface area contributed by atoms with Gasteiger partial charge in [0.15, 0.2) is 0 Å². The zero-order valence-corrected chi connectivity index (χ0v) is 17.1. The molecule has 2 N–H and O–H groups in total. The number of amides is 1. The van der Waals surface area contributed by atoms with Gasteiger partial charge < -0.3 is 15.1 Å². The molecule has 0 radical (unpaired) electrons. The highest BCUT2D eigenvalue weighted by molar-refractivity contribution is 5.83. The van der Waals surface area contributed by atoms with E-state index in [0.29, 0.717) is 5.56 Å². The first-order valence-electron chi connectivity index (χ1n) is 9.69. The molecule has 0 saturated heterocycles. The third-order valence-electron chi connectivity index (χ3n) is 5.23. The van der Waals surface area contributed by atoms with Crippen molar-refractivity contribution in [3.63, 3.8) is 0 Å². The van der Waals surface area contributed by atoms with Gasteiger partial charge >= 0.3 is 6.09 Å². The molecule has 0 aliphatic carbocycles. The largest absolute Gasteiger partial charge is 0.465 e. The lowest BCUT2D eigenvalue weighted by Crippen LogP contribution is -2.47. The molecule has 0 saturated carbocycles. The van der Waals surface area contributed by atoms with E-state index in [4.69, 9.17) is 0 Å². The van der Waals surface area contributed by atoms with E-state index in [1.54, 1.807) is 20.8 Å². The van der Waals surface area contributed by atoms with Gasteiger partial charge in [-0.2, -0.15) is 0 Å². The lowest BCUT2D eigenvalue weighted by Gasteiger charge is -2.37. The third-order valence-corrected chi connectivity index (χ3v) is 5.23. The van der Waals surface area contributed by atoms with Gasteiger partial charge in [-0.3, -0.25) is 0 Å². The number of rotatable bonds is 5. The minimum absolute atomic E-state index is 0.0452. The molecule has 4 nitrogen and oxygen atoms in total. The molecule has 3 rings (SSSR count). The number of aliphatic hydroxyl groups excluding tert-OH is 1. The SMILES string of the molecule is CC(C)(C)N(CC(c1ccc2ccccc2c1)C(O)c1cc(F)cc(F)c1)C(=O)O. The van der Waals surface area contributed by atoms with Crippen molar-refractivity contribution in [2.75, 3.05) is 6.54 Å². The van der Waals surface area contributed by atoms with Crippen LogP contribution in [0.1, 0.15) is 43.9 Å². The molecule has 2 atom stereocenters. The average molecular weight is 413 g/mol. The number of benzene rings is 3. The molecule has 6 heteroatoms. The van der Waals surface area contributed by atoms with Crippen molar-refractivity contribution in [2.45, 2.75) is 38.3 Å². The minimum atomic E-state index is -1.31. The summed E-state index contributed by atoms with van der Waals surface area (Å²) in [4.78, 5) is 13.1. The molecular weight excluding hydrogens is 388 g/mol. The van der Waals surface area contributed by atoms with Crippen LogP contribution in [0.15, 0.2) is 60.7 Å². The smallest absolute Gasteiger partial charge is 0.407 e. The molecule has 0 bridgehead atoms. The maximum Gasteiger partial charge on any atom is 0.407 e. The summed E-state index contributed by atoms with van der Waals surface area (Å²) in [5.41, 5.74) is 0.0136. The van der Waals surface area contributed by atoms with Crippen molar-refractivity contribution < 1.29 is 23.8 Å². The summed E-state index contributed by atoms with van der Waals surface area (Å²) in [6, 6.07) is 16.1. The molecule has 3 aromatic carbocycles. The number of carboxylic acid groups (broad SMARTS) is 1. The van der Waals surface area contributed by atoms with Crippen LogP contribution in [0.5, 0.6) is 0 Å². The van der Waals surface area contributed by atoms with E-state index < -0.39 is 35.3 Å². The van der Waals surface area contributed by atoms with E-state index in [1.807, 2.05) is 42.5 Å². The van der Waals surface area contributed by atoms with E-state index in [1.165, 1.54) is 4.90 Å². The number of hydrogen-bond donors (Lipinski definition) is 2. The molecule has 2 unspecified atom stereocenters. The first kappa shape index (κ1) is 21.7. The summed E-state index contributed by atoms with van der Waals surface area (Å²) >= 11 is 0. The molecule has 3 aromatic rings. The standard InChI is InChI=1S/C24H25F2NO3/c1-24(2,3)27(23(29)30)14-21(22(28)18-11-19(25)13-20(26)12-18)17-9-8-15-6-4-5-7-16(15)10-17/h4-13,21-22,28H,14H2,1-3H3,(H,29,30). The predicted octanol–water partition coefficient (Wildman–Crippen LogP) is 5.71. The number of nitrogens with zero attached hydrogens (tertiary/aromatic N) is 1. The molecular formula is C24H25F2NO3. The van der Waals surface area contributed by atoms with Gasteiger partial charge in [0.1, 0.15) is 11.6 Å². The lowest BCUT2D eigenvalue weighted by molar-refractivity contribution is 0.0695. The van der Waals surface area contributed by atoms with E-state index in [9.17, 15) is 23.8 Å². The topological polar surface area (TPSA) is 60.8 Å². The Bertz CT molecular complexity index is 1040. The molecule has 0 aliphatic heterocycles. The summed E-state index contributed by atoms with van der Waals surface area (Å²) < 4.78 is 27.6. The number of hydrogen-bond acceptors (Lipinski definition) is 2. The Morgan fingerprint density at radius 1 is 0.933 bits per heavy atom. The van der Waals surface area contributed by atoms with Gasteiger partial charge in [-0.25, -0.2) is 13.6 Å². The maximum absolute atomic E-state index is 13.8. The maximum atomic E-state index is 13.8. The fourth-order valence-electron chi connectivity index (χ4n) is 3.64. The summed E-state index contributed by atoms with van der Waals surface area (Å²) in [6.45, 7) is 5.23. The molecule has 0 aliphatic rings. The van der Waals surface area contributed by atoms with Crippen LogP contribution in [0.3, 0.4) is 0 Å². The Labute approximate surface area is 174 Å². The Hall–Kier alpha value is -2.99. The monoisotopic (exact) mass is 413 g/mol. The van der Waals surface area contributed by atoms with E-state index in [0.717, 1.165) is 29.0 Å². The highest BCUT2D eigenvalue weighted by Gasteiger charge is 2.33. The normalized spacial score (nSPS) is 13.8. The molecule has 0 spiro atoms. The highest BCUT2D eigenvalue weighted by atomic mass is 19.1. The fraction of sp³-hybridized carbons (Fsp3) is 0.292. The van der Waals surface area contributed by atoms with Crippen molar-refractivity contribution in [2.24, 2.45) is 0 Å². The van der Waals surface area contributed by atoms with E-state index in [-0.39, 0.29) is 12.1 Å². The van der Waals surface area contributed by atoms with Gasteiger partial charge in [-0.1, -0.05) is 42.5 Å². The van der Waals surface area contributed by atoms with Crippen molar-refractivity contribution >= 4 is 16.9 Å². The van der Waals surface area contributed by atoms with Crippen LogP contribution in [0.2, 0.25) is 0 Å². The van der Waals surface area contributed by atoms with Gasteiger partial charge in [0.25, 0.3) is 0 Å². The van der Waals surface area contributed by atoms with Crippen LogP contribution in [0.4, 0.5) is 13.6 Å². The molecule has 0 aromatic heterocycles. The van der Waals surface area contributed by atoms with Gasteiger partial charge in [0.05, 0.1) is 6.10 Å². The van der Waals surface area contributed by atoms with Crippen LogP contribution in [-0.2, 0) is 0 Å². The van der Waals surface area contributed by atoms with Crippen molar-refractivity contribution in [3.05, 3.63) is 83.4 Å². The number of aliphatic hydroxyl groups is 1. The van der Waals surface area contributed by atoms with Crippen LogP contribution >= 0.6 is 0 Å². The number of carbonyl (C=O) groups is 1. The van der Waals surface area contributed by atoms with Crippen molar-refractivity contribution in [1.29, 1.82) is 0 Å². The molecule has 0 fully saturated rings. The average Bonchev–Trinajstić information content (AvgIpc) is 2.65. The predicted molar refractivity (Wildman–Crippen MR) is 112 cm³/mol. The summed E-state index contributed by atoms with van der Waals surface area (Å²) in [5.74, 6) is -2.33. The lowest BCUT2D eigenvalue weighted by atomic mass is 9.86. The Balaban J connectivity index is 2.10. The van der Waals surface area contributed by atoms with Gasteiger partial charge in [0.2, 0.25) is 0 Å². The third kappa shape index (κ3) is 4.76. The van der Waals surface area contributed by atoms with Crippen molar-refractivity contribution in [3.8, 4) is 0 Å². The van der Waals surface area contributed by atoms with Crippen LogP contribution in [0, 0.1) is 11.6 Å². The molecule has 1 amide bonds. The van der Waals surface area contributed by atoms with Crippen LogP contribution in [-0.4, -0.2) is 33.3 Å². The van der Waals surface area contributed by atoms with Gasteiger partial charge in [-0.15, -0.1) is 0 Å². The second-order valence-electron chi connectivity index (χ2n) is 8.42. The van der Waals surface area contributed by atoms with Crippen LogP contribution < -0.4 is 0 Å². The van der Waals surface area contributed by atoms with E-state index >= 15 is 0 Å². The summed E-state index contributed by atoms with van der Waals surface area (Å²) in [5, 5.41) is 22.8. The van der Waals surface area contributed by atoms with E-state index in [2.05, 4.69) is 0 Å². The summed E-state index contributed by atoms with van der Waals surface area (Å²) in [7, 11) is 0. The quantitative estimate of drug-likeness (QED) is 0.563. The van der Waals surface area contributed by atoms with Crippen LogP contribution in [0.25, 0.3) is 10.8 Å². The first-order valence-corrected chi connectivity index (χ1v) is 9.69.